The van der Waals surface area contributed by atoms with Crippen molar-refractivity contribution in [2.75, 3.05) is 7.11 Å². The monoisotopic (exact) mass is 348 g/mol. The second kappa shape index (κ2) is 6.44. The van der Waals surface area contributed by atoms with Gasteiger partial charge in [0.2, 0.25) is 5.82 Å². The van der Waals surface area contributed by atoms with Gasteiger partial charge >= 0.3 is 0 Å². The van der Waals surface area contributed by atoms with Crippen LogP contribution in [-0.2, 0) is 5.16 Å². The maximum absolute atomic E-state index is 13.9. The van der Waals surface area contributed by atoms with Gasteiger partial charge in [0, 0.05) is 10.7 Å². The number of ether oxygens (including phenoxy) is 1. The first-order valence-corrected chi connectivity index (χ1v) is 7.63. The van der Waals surface area contributed by atoms with E-state index in [1.165, 1.54) is 7.11 Å². The molecule has 1 unspecified atom stereocenters. The summed E-state index contributed by atoms with van der Waals surface area (Å²) in [5.74, 6) is -9.10. The Labute approximate surface area is 132 Å². The van der Waals surface area contributed by atoms with Gasteiger partial charge in [-0.15, -0.1) is 0 Å². The molecule has 0 bridgehead atoms. The fourth-order valence-electron chi connectivity index (χ4n) is 2.26. The van der Waals surface area contributed by atoms with Crippen LogP contribution < -0.4 is 10.0 Å². The van der Waals surface area contributed by atoms with Crippen LogP contribution in [-0.4, -0.2) is 7.11 Å². The number of hydrogen-bond donors (Lipinski definition) is 0. The Morgan fingerprint density at radius 3 is 1.83 bits per heavy atom. The zero-order chi connectivity index (χ0) is 17.4. The van der Waals surface area contributed by atoms with Gasteiger partial charge in [0.15, 0.2) is 23.3 Å². The SMILES string of the molecule is COc1ccccc1C(C)(C)Pc1c(F)c(F)c(F)c(F)c1F. The molecule has 0 N–H and O–H groups in total. The predicted octanol–water partition coefficient (Wildman–Crippen LogP) is 4.63. The van der Waals surface area contributed by atoms with Gasteiger partial charge in [0.05, 0.1) is 12.4 Å². The number of rotatable bonds is 4. The minimum atomic E-state index is -2.15. The fourth-order valence-corrected chi connectivity index (χ4v) is 3.66. The van der Waals surface area contributed by atoms with Gasteiger partial charge in [-0.05, 0) is 6.07 Å². The van der Waals surface area contributed by atoms with Crippen molar-refractivity contribution in [3.63, 3.8) is 0 Å². The molecule has 0 aliphatic rings. The summed E-state index contributed by atoms with van der Waals surface area (Å²) in [5.41, 5.74) is 0.616. The Bertz CT molecular complexity index is 716. The molecule has 2 aromatic rings. The Morgan fingerprint density at radius 2 is 1.30 bits per heavy atom. The van der Waals surface area contributed by atoms with Crippen molar-refractivity contribution in [2.45, 2.75) is 19.0 Å². The lowest BCUT2D eigenvalue weighted by Gasteiger charge is -2.27. The zero-order valence-corrected chi connectivity index (χ0v) is 13.6. The van der Waals surface area contributed by atoms with Crippen LogP contribution >= 0.6 is 8.58 Å². The predicted molar refractivity (Wildman–Crippen MR) is 80.2 cm³/mol. The Balaban J connectivity index is 2.54. The van der Waals surface area contributed by atoms with Gasteiger partial charge in [0.1, 0.15) is 5.75 Å². The van der Waals surface area contributed by atoms with Crippen molar-refractivity contribution < 1.29 is 26.7 Å². The van der Waals surface area contributed by atoms with E-state index in [4.69, 9.17) is 4.74 Å². The molecule has 2 aromatic carbocycles. The molecule has 0 saturated carbocycles. The van der Waals surface area contributed by atoms with Crippen LogP contribution in [0.25, 0.3) is 0 Å². The van der Waals surface area contributed by atoms with E-state index in [2.05, 4.69) is 0 Å². The van der Waals surface area contributed by atoms with Crippen LogP contribution in [0.1, 0.15) is 19.4 Å². The quantitative estimate of drug-likeness (QED) is 0.339. The lowest BCUT2D eigenvalue weighted by Crippen LogP contribution is -2.23. The molecule has 0 amide bonds. The van der Waals surface area contributed by atoms with Crippen molar-refractivity contribution in [2.24, 2.45) is 0 Å². The highest BCUT2D eigenvalue weighted by molar-refractivity contribution is 7.48. The molecule has 0 aliphatic carbocycles. The summed E-state index contributed by atoms with van der Waals surface area (Å²) in [5, 5.41) is -1.69. The van der Waals surface area contributed by atoms with E-state index in [9.17, 15) is 22.0 Å². The van der Waals surface area contributed by atoms with E-state index in [1.54, 1.807) is 38.1 Å². The third-order valence-electron chi connectivity index (χ3n) is 3.43. The maximum atomic E-state index is 13.9. The number of benzene rings is 2. The van der Waals surface area contributed by atoms with Crippen LogP contribution in [0.2, 0.25) is 0 Å². The van der Waals surface area contributed by atoms with Crippen molar-refractivity contribution in [1.82, 2.24) is 0 Å². The smallest absolute Gasteiger partial charge is 0.200 e. The molecule has 0 saturated heterocycles. The van der Waals surface area contributed by atoms with E-state index < -0.39 is 48.1 Å². The molecule has 2 rings (SSSR count). The molecular formula is C16H14F5OP. The second-order valence-electron chi connectivity index (χ2n) is 5.40. The summed E-state index contributed by atoms with van der Waals surface area (Å²) >= 11 is 0. The highest BCUT2D eigenvalue weighted by atomic mass is 31.1. The summed E-state index contributed by atoms with van der Waals surface area (Å²) in [6, 6.07) is 6.79. The third kappa shape index (κ3) is 3.18. The highest BCUT2D eigenvalue weighted by Gasteiger charge is 2.32. The molecule has 0 aromatic heterocycles. The number of halogens is 5. The van der Waals surface area contributed by atoms with Crippen LogP contribution in [0.4, 0.5) is 22.0 Å². The van der Waals surface area contributed by atoms with Gasteiger partial charge in [-0.25, -0.2) is 22.0 Å². The molecule has 0 radical (unpaired) electrons. The fraction of sp³-hybridized carbons (Fsp3) is 0.250. The Hall–Kier alpha value is -1.68. The summed E-state index contributed by atoms with van der Waals surface area (Å²) in [7, 11) is 0.759. The largest absolute Gasteiger partial charge is 0.496 e. The third-order valence-corrected chi connectivity index (χ3v) is 5.01. The van der Waals surface area contributed by atoms with Crippen LogP contribution in [0.15, 0.2) is 24.3 Å². The Morgan fingerprint density at radius 1 is 0.826 bits per heavy atom. The van der Waals surface area contributed by atoms with Crippen molar-refractivity contribution >= 4 is 13.9 Å². The van der Waals surface area contributed by atoms with Crippen molar-refractivity contribution in [3.05, 3.63) is 58.9 Å². The first kappa shape index (κ1) is 17.7. The van der Waals surface area contributed by atoms with E-state index >= 15 is 0 Å². The average molecular weight is 348 g/mol. The summed E-state index contributed by atoms with van der Waals surface area (Å²) < 4.78 is 72.8. The summed E-state index contributed by atoms with van der Waals surface area (Å²) in [6.45, 7) is 3.31. The van der Waals surface area contributed by atoms with Gasteiger partial charge in [-0.3, -0.25) is 0 Å². The number of para-hydroxylation sites is 1. The molecule has 1 nitrogen and oxygen atoms in total. The van der Waals surface area contributed by atoms with Crippen LogP contribution in [0, 0.1) is 29.1 Å². The minimum Gasteiger partial charge on any atom is -0.496 e. The van der Waals surface area contributed by atoms with Crippen LogP contribution in [0.5, 0.6) is 5.75 Å². The topological polar surface area (TPSA) is 9.23 Å². The number of hydrogen-bond acceptors (Lipinski definition) is 1. The molecule has 7 heteroatoms. The minimum absolute atomic E-state index is 0.480. The lowest BCUT2D eigenvalue weighted by molar-refractivity contribution is 0.384. The van der Waals surface area contributed by atoms with Gasteiger partial charge in [-0.2, -0.15) is 0 Å². The van der Waals surface area contributed by atoms with Gasteiger partial charge in [0.25, 0.3) is 0 Å². The lowest BCUT2D eigenvalue weighted by atomic mass is 10.0. The van der Waals surface area contributed by atoms with Gasteiger partial charge < -0.3 is 4.74 Å². The van der Waals surface area contributed by atoms with Gasteiger partial charge in [-0.1, -0.05) is 40.6 Å². The molecule has 23 heavy (non-hydrogen) atoms. The standard InChI is InChI=1S/C16H14F5OP/c1-16(2,8-6-4-5-7-9(8)22-3)23-15-13(20)11(18)10(17)12(19)14(15)21/h4-7,23H,1-3H3. The van der Waals surface area contributed by atoms with E-state index in [0.29, 0.717) is 11.3 Å². The normalized spacial score (nSPS) is 12.2. The molecule has 1 atom stereocenters. The Kier molecular flexibility index (Phi) is 4.95. The molecule has 0 spiro atoms. The maximum Gasteiger partial charge on any atom is 0.200 e. The first-order valence-electron chi connectivity index (χ1n) is 6.63. The molecule has 124 valence electrons. The number of methoxy groups -OCH3 is 1. The van der Waals surface area contributed by atoms with Crippen molar-refractivity contribution in [1.29, 1.82) is 0 Å². The average Bonchev–Trinajstić information content (AvgIpc) is 2.55. The zero-order valence-electron chi connectivity index (χ0n) is 12.6. The molecule has 0 aliphatic heterocycles. The van der Waals surface area contributed by atoms with Crippen molar-refractivity contribution in [3.8, 4) is 5.75 Å². The second-order valence-corrected chi connectivity index (χ2v) is 7.40. The van der Waals surface area contributed by atoms with Crippen LogP contribution in [0.3, 0.4) is 0 Å². The van der Waals surface area contributed by atoms with E-state index in [1.807, 2.05) is 0 Å². The summed E-state index contributed by atoms with van der Waals surface area (Å²) in [6.07, 6.45) is 0. The highest BCUT2D eigenvalue weighted by Crippen LogP contribution is 2.45. The molecule has 0 fully saturated rings. The summed E-state index contributed by atoms with van der Waals surface area (Å²) in [4.78, 5) is 0. The first-order chi connectivity index (χ1) is 10.7. The molecular weight excluding hydrogens is 334 g/mol. The van der Waals surface area contributed by atoms with E-state index in [0.717, 1.165) is 0 Å². The van der Waals surface area contributed by atoms with E-state index in [-0.39, 0.29) is 0 Å². The molecule has 0 heterocycles.